The van der Waals surface area contributed by atoms with Crippen LogP contribution in [0.15, 0.2) is 29.5 Å². The number of aromatic nitrogens is 4. The smallest absolute Gasteiger partial charge is 0.313 e. The number of nitrogens with zero attached hydrogens (tertiary/aromatic N) is 5. The normalized spacial score (nSPS) is 18.1. The van der Waals surface area contributed by atoms with E-state index in [4.69, 9.17) is 10.5 Å². The van der Waals surface area contributed by atoms with Gasteiger partial charge in [0.25, 0.3) is 0 Å². The Balaban J connectivity index is 1.49. The maximum absolute atomic E-state index is 14.5. The Bertz CT molecular complexity index is 1170. The Morgan fingerprint density at radius 2 is 2.20 bits per heavy atom. The average Bonchev–Trinajstić information content (AvgIpc) is 3.34. The number of nitrogens with two attached hydrogens (primary N) is 1. The Kier molecular flexibility index (Phi) is 4.34. The SMILES string of the molecule is CC1(Oc2cc3c(-c4cc(N5CC[NH+]=C(N=CN)C5)ncn4)n[nH]c3cc2F)CC1. The highest BCUT2D eigenvalue weighted by molar-refractivity contribution is 5.93. The second kappa shape index (κ2) is 7.05. The van der Waals surface area contributed by atoms with Crippen molar-refractivity contribution in [2.45, 2.75) is 25.4 Å². The summed E-state index contributed by atoms with van der Waals surface area (Å²) in [5, 5.41) is 8.02. The molecule has 0 unspecified atom stereocenters. The number of rotatable bonds is 4. The van der Waals surface area contributed by atoms with Gasteiger partial charge in [0.05, 0.1) is 17.8 Å². The lowest BCUT2D eigenvalue weighted by atomic mass is 10.1. The predicted molar refractivity (Wildman–Crippen MR) is 111 cm³/mol. The molecule has 0 bridgehead atoms. The van der Waals surface area contributed by atoms with Crippen LogP contribution in [0.25, 0.3) is 22.3 Å². The van der Waals surface area contributed by atoms with Crippen LogP contribution in [-0.2, 0) is 0 Å². The molecule has 0 spiro atoms. The summed E-state index contributed by atoms with van der Waals surface area (Å²) in [5.74, 6) is 1.37. The van der Waals surface area contributed by atoms with Crippen LogP contribution in [0.4, 0.5) is 10.2 Å². The number of hydrogen-bond acceptors (Lipinski definition) is 6. The predicted octanol–water partition coefficient (Wildman–Crippen LogP) is 0.376. The van der Waals surface area contributed by atoms with E-state index in [1.165, 1.54) is 18.7 Å². The summed E-state index contributed by atoms with van der Waals surface area (Å²) in [5.41, 5.74) is 6.98. The van der Waals surface area contributed by atoms with Crippen molar-refractivity contribution in [1.29, 1.82) is 0 Å². The third-order valence-electron chi connectivity index (χ3n) is 5.43. The molecule has 1 aliphatic carbocycles. The van der Waals surface area contributed by atoms with E-state index in [2.05, 4.69) is 35.1 Å². The molecule has 154 valence electrons. The number of anilines is 1. The average molecular weight is 409 g/mol. The molecule has 1 saturated carbocycles. The van der Waals surface area contributed by atoms with Gasteiger partial charge in [0.2, 0.25) is 6.34 Å². The molecule has 1 aliphatic heterocycles. The lowest BCUT2D eigenvalue weighted by Gasteiger charge is -2.23. The topological polar surface area (TPSA) is 119 Å². The maximum atomic E-state index is 14.5. The lowest BCUT2D eigenvalue weighted by Crippen LogP contribution is -2.79. The second-order valence-corrected chi connectivity index (χ2v) is 7.79. The van der Waals surface area contributed by atoms with Crippen LogP contribution in [0.3, 0.4) is 0 Å². The van der Waals surface area contributed by atoms with Gasteiger partial charge in [-0.05, 0) is 30.8 Å². The first-order valence-electron chi connectivity index (χ1n) is 9.83. The molecule has 1 fully saturated rings. The van der Waals surface area contributed by atoms with Crippen molar-refractivity contribution >= 4 is 28.9 Å². The van der Waals surface area contributed by atoms with Crippen LogP contribution < -0.4 is 20.4 Å². The van der Waals surface area contributed by atoms with Gasteiger partial charge in [-0.3, -0.25) is 10.1 Å². The second-order valence-electron chi connectivity index (χ2n) is 7.79. The molecular formula is C20H22FN8O+. The zero-order valence-electron chi connectivity index (χ0n) is 16.5. The van der Waals surface area contributed by atoms with Crippen molar-refractivity contribution in [3.63, 3.8) is 0 Å². The van der Waals surface area contributed by atoms with E-state index in [-0.39, 0.29) is 11.4 Å². The molecule has 9 nitrogen and oxygen atoms in total. The minimum atomic E-state index is -0.404. The molecule has 30 heavy (non-hydrogen) atoms. The van der Waals surface area contributed by atoms with Gasteiger partial charge in [-0.15, -0.1) is 0 Å². The van der Waals surface area contributed by atoms with Crippen LogP contribution in [0.5, 0.6) is 5.75 Å². The Morgan fingerprint density at radius 3 is 3.00 bits per heavy atom. The number of benzene rings is 1. The number of ether oxygens (including phenoxy) is 1. The summed E-state index contributed by atoms with van der Waals surface area (Å²) in [6.45, 7) is 4.05. The summed E-state index contributed by atoms with van der Waals surface area (Å²) >= 11 is 0. The summed E-state index contributed by atoms with van der Waals surface area (Å²) in [6.07, 6.45) is 4.63. The van der Waals surface area contributed by atoms with Gasteiger partial charge < -0.3 is 15.4 Å². The monoisotopic (exact) mass is 409 g/mol. The molecule has 3 heterocycles. The van der Waals surface area contributed by atoms with Crippen molar-refractivity contribution in [3.05, 3.63) is 30.3 Å². The van der Waals surface area contributed by atoms with Gasteiger partial charge in [-0.25, -0.2) is 14.4 Å². The van der Waals surface area contributed by atoms with Crippen LogP contribution in [0.1, 0.15) is 19.8 Å². The first-order valence-corrected chi connectivity index (χ1v) is 9.83. The molecular weight excluding hydrogens is 387 g/mol. The van der Waals surface area contributed by atoms with Crippen LogP contribution in [-0.4, -0.2) is 57.6 Å². The highest BCUT2D eigenvalue weighted by Crippen LogP contribution is 2.41. The van der Waals surface area contributed by atoms with Crippen molar-refractivity contribution in [3.8, 4) is 17.1 Å². The fourth-order valence-corrected chi connectivity index (χ4v) is 3.51. The van der Waals surface area contributed by atoms with Crippen molar-refractivity contribution in [1.82, 2.24) is 20.2 Å². The molecule has 2 aliphatic rings. The zero-order chi connectivity index (χ0) is 20.7. The van der Waals surface area contributed by atoms with Crippen molar-refractivity contribution < 1.29 is 14.1 Å². The van der Waals surface area contributed by atoms with Gasteiger partial charge in [0.1, 0.15) is 36.5 Å². The van der Waals surface area contributed by atoms with Crippen molar-refractivity contribution in [2.75, 3.05) is 24.5 Å². The highest BCUT2D eigenvalue weighted by Gasteiger charge is 2.40. The highest BCUT2D eigenvalue weighted by atomic mass is 19.1. The number of H-pyrrole nitrogens is 1. The quantitative estimate of drug-likeness (QED) is 0.423. The molecule has 0 atom stereocenters. The third-order valence-corrected chi connectivity index (χ3v) is 5.43. The maximum Gasteiger partial charge on any atom is 0.313 e. The molecule has 5 rings (SSSR count). The van der Waals surface area contributed by atoms with Gasteiger partial charge in [0, 0.05) is 17.5 Å². The van der Waals surface area contributed by atoms with E-state index in [9.17, 15) is 4.39 Å². The van der Waals surface area contributed by atoms with Crippen LogP contribution in [0, 0.1) is 5.82 Å². The van der Waals surface area contributed by atoms with E-state index < -0.39 is 5.82 Å². The number of fused-ring (bicyclic) bond motifs is 1. The first kappa shape index (κ1) is 18.5. The summed E-state index contributed by atoms with van der Waals surface area (Å²) in [7, 11) is 0. The number of amidine groups is 1. The number of hydrogen-bond donors (Lipinski definition) is 3. The molecule has 3 aromatic rings. The summed E-state index contributed by atoms with van der Waals surface area (Å²) < 4.78 is 20.3. The van der Waals surface area contributed by atoms with E-state index in [1.807, 2.05) is 13.0 Å². The molecule has 0 radical (unpaired) electrons. The molecule has 10 heteroatoms. The Morgan fingerprint density at radius 1 is 1.33 bits per heavy atom. The molecule has 0 saturated heterocycles. The fraction of sp³-hybridized carbons (Fsp3) is 0.350. The minimum Gasteiger partial charge on any atom is -0.484 e. The first-order chi connectivity index (χ1) is 14.5. The van der Waals surface area contributed by atoms with Gasteiger partial charge in [-0.2, -0.15) is 5.10 Å². The largest absolute Gasteiger partial charge is 0.484 e. The third kappa shape index (κ3) is 3.44. The molecule has 4 N–H and O–H groups in total. The molecule has 0 amide bonds. The van der Waals surface area contributed by atoms with Gasteiger partial charge >= 0.3 is 5.84 Å². The fourth-order valence-electron chi connectivity index (χ4n) is 3.51. The number of halogens is 1. The summed E-state index contributed by atoms with van der Waals surface area (Å²) in [4.78, 5) is 18.2. The lowest BCUT2D eigenvalue weighted by molar-refractivity contribution is -0.459. The van der Waals surface area contributed by atoms with E-state index >= 15 is 0 Å². The summed E-state index contributed by atoms with van der Waals surface area (Å²) in [6, 6.07) is 4.98. The number of nitrogens with one attached hydrogen (secondary N) is 2. The van der Waals surface area contributed by atoms with Crippen LogP contribution >= 0.6 is 0 Å². The van der Waals surface area contributed by atoms with E-state index in [0.717, 1.165) is 43.0 Å². The number of aromatic amines is 1. The van der Waals surface area contributed by atoms with Gasteiger partial charge in [-0.1, -0.05) is 0 Å². The Labute approximate surface area is 171 Å². The van der Waals surface area contributed by atoms with E-state index in [0.29, 0.717) is 23.4 Å². The number of aliphatic imine (C=N–C) groups is 1. The minimum absolute atomic E-state index is 0.237. The van der Waals surface area contributed by atoms with Crippen molar-refractivity contribution in [2.24, 2.45) is 10.7 Å². The van der Waals surface area contributed by atoms with Crippen LogP contribution in [0.2, 0.25) is 0 Å². The zero-order valence-corrected chi connectivity index (χ0v) is 16.5. The van der Waals surface area contributed by atoms with Gasteiger partial charge in [0.15, 0.2) is 11.6 Å². The molecule has 2 aromatic heterocycles. The Hall–Kier alpha value is -3.56. The molecule has 1 aromatic carbocycles. The standard InChI is InChI=1S/C20H21FN8O/c1-20(2-3-20)30-16-6-12-14(7-13(16)21)27-28-19(12)15-8-18(26-11-25-15)29-5-4-23-17(9-29)24-10-22/h6-8,10-11H,2-5,9H2,1H3,(H,27,28)(H2,22,23,24)/p+1. The van der Waals surface area contributed by atoms with E-state index in [1.54, 1.807) is 6.07 Å².